The van der Waals surface area contributed by atoms with Crippen LogP contribution in [0.1, 0.15) is 11.3 Å². The molecule has 0 N–H and O–H groups in total. The normalized spacial score (nSPS) is 11.5. The SMILES string of the molecule is Cc1cn(-c2cc(COS(C)(=O)=O)cc([N+](=O)[O-])c2)cn1. The fourth-order valence-electron chi connectivity index (χ4n) is 1.73. The van der Waals surface area contributed by atoms with Crippen LogP contribution in [0.5, 0.6) is 0 Å². The first-order chi connectivity index (χ1) is 9.74. The molecule has 0 saturated heterocycles. The first kappa shape index (κ1) is 15.1. The van der Waals surface area contributed by atoms with E-state index in [2.05, 4.69) is 9.17 Å². The molecule has 112 valence electrons. The minimum absolute atomic E-state index is 0.147. The molecule has 0 atom stereocenters. The van der Waals surface area contributed by atoms with Gasteiger partial charge in [-0.1, -0.05) is 0 Å². The van der Waals surface area contributed by atoms with Gasteiger partial charge in [-0.05, 0) is 18.6 Å². The van der Waals surface area contributed by atoms with Gasteiger partial charge in [0.05, 0.1) is 35.5 Å². The molecule has 0 aliphatic rings. The topological polar surface area (TPSA) is 104 Å². The van der Waals surface area contributed by atoms with E-state index in [0.717, 1.165) is 11.9 Å². The van der Waals surface area contributed by atoms with E-state index in [1.807, 2.05) is 0 Å². The summed E-state index contributed by atoms with van der Waals surface area (Å²) in [5, 5.41) is 11.0. The third-order valence-corrected chi connectivity index (χ3v) is 3.17. The smallest absolute Gasteiger partial charge is 0.271 e. The Morgan fingerprint density at radius 3 is 2.62 bits per heavy atom. The lowest BCUT2D eigenvalue weighted by Gasteiger charge is -2.06. The number of hydrogen-bond donors (Lipinski definition) is 0. The third kappa shape index (κ3) is 4.10. The van der Waals surface area contributed by atoms with E-state index < -0.39 is 15.0 Å². The fourth-order valence-corrected chi connectivity index (χ4v) is 2.08. The average molecular weight is 311 g/mol. The zero-order valence-corrected chi connectivity index (χ0v) is 12.2. The van der Waals surface area contributed by atoms with E-state index in [1.54, 1.807) is 23.8 Å². The summed E-state index contributed by atoms with van der Waals surface area (Å²) >= 11 is 0. The number of aromatic nitrogens is 2. The minimum Gasteiger partial charge on any atom is -0.306 e. The molecule has 0 bridgehead atoms. The molecule has 0 amide bonds. The van der Waals surface area contributed by atoms with Crippen molar-refractivity contribution in [2.24, 2.45) is 0 Å². The van der Waals surface area contributed by atoms with Crippen molar-refractivity contribution in [2.75, 3.05) is 6.26 Å². The number of nitro benzene ring substituents is 1. The second-order valence-electron chi connectivity index (χ2n) is 4.50. The summed E-state index contributed by atoms with van der Waals surface area (Å²) in [6, 6.07) is 4.27. The highest BCUT2D eigenvalue weighted by atomic mass is 32.2. The molecule has 0 fully saturated rings. The van der Waals surface area contributed by atoms with Crippen LogP contribution in [-0.2, 0) is 20.9 Å². The van der Waals surface area contributed by atoms with Gasteiger partial charge in [0.2, 0.25) is 0 Å². The molecule has 1 aromatic heterocycles. The molecule has 0 aliphatic heterocycles. The Balaban J connectivity index is 2.41. The zero-order valence-electron chi connectivity index (χ0n) is 11.4. The first-order valence-corrected chi connectivity index (χ1v) is 7.70. The van der Waals surface area contributed by atoms with Crippen LogP contribution in [0.3, 0.4) is 0 Å². The van der Waals surface area contributed by atoms with E-state index in [4.69, 9.17) is 0 Å². The zero-order chi connectivity index (χ0) is 15.6. The Labute approximate surface area is 121 Å². The summed E-state index contributed by atoms with van der Waals surface area (Å²) in [6.07, 6.45) is 4.15. The largest absolute Gasteiger partial charge is 0.306 e. The lowest BCUT2D eigenvalue weighted by atomic mass is 10.2. The van der Waals surface area contributed by atoms with Gasteiger partial charge in [-0.15, -0.1) is 0 Å². The Kier molecular flexibility index (Phi) is 4.05. The van der Waals surface area contributed by atoms with Crippen LogP contribution >= 0.6 is 0 Å². The van der Waals surface area contributed by atoms with Gasteiger partial charge in [0, 0.05) is 18.3 Å². The van der Waals surface area contributed by atoms with Crippen molar-refractivity contribution in [3.05, 3.63) is 52.1 Å². The molecule has 1 aromatic carbocycles. The van der Waals surface area contributed by atoms with Crippen molar-refractivity contribution in [2.45, 2.75) is 13.5 Å². The molecule has 0 aliphatic carbocycles. The van der Waals surface area contributed by atoms with Gasteiger partial charge >= 0.3 is 0 Å². The predicted molar refractivity (Wildman–Crippen MR) is 74.6 cm³/mol. The summed E-state index contributed by atoms with van der Waals surface area (Å²) < 4.78 is 28.3. The highest BCUT2D eigenvalue weighted by Gasteiger charge is 2.13. The summed E-state index contributed by atoms with van der Waals surface area (Å²) in [6.45, 7) is 1.53. The Hall–Kier alpha value is -2.26. The maximum absolute atomic E-state index is 11.0. The number of imidazole rings is 1. The number of aryl methyl sites for hydroxylation is 1. The van der Waals surface area contributed by atoms with Crippen molar-refractivity contribution >= 4 is 15.8 Å². The van der Waals surface area contributed by atoms with Crippen LogP contribution in [-0.4, -0.2) is 29.1 Å². The molecule has 2 aromatic rings. The maximum atomic E-state index is 11.0. The van der Waals surface area contributed by atoms with E-state index in [1.165, 1.54) is 18.5 Å². The van der Waals surface area contributed by atoms with Gasteiger partial charge in [0.1, 0.15) is 0 Å². The van der Waals surface area contributed by atoms with Crippen molar-refractivity contribution in [3.63, 3.8) is 0 Å². The van der Waals surface area contributed by atoms with Gasteiger partial charge in [-0.25, -0.2) is 4.98 Å². The standard InChI is InChI=1S/C12H13N3O5S/c1-9-6-14(8-13-9)11-3-10(7-20-21(2,18)19)4-12(5-11)15(16)17/h3-6,8H,7H2,1-2H3. The fraction of sp³-hybridized carbons (Fsp3) is 0.250. The highest BCUT2D eigenvalue weighted by Crippen LogP contribution is 2.21. The second kappa shape index (κ2) is 5.62. The van der Waals surface area contributed by atoms with Crippen LogP contribution < -0.4 is 0 Å². The van der Waals surface area contributed by atoms with E-state index >= 15 is 0 Å². The van der Waals surface area contributed by atoms with E-state index in [-0.39, 0.29) is 12.3 Å². The average Bonchev–Trinajstić information content (AvgIpc) is 2.82. The quantitative estimate of drug-likeness (QED) is 0.471. The van der Waals surface area contributed by atoms with Crippen LogP contribution in [0.2, 0.25) is 0 Å². The van der Waals surface area contributed by atoms with Gasteiger partial charge in [-0.2, -0.15) is 8.42 Å². The monoisotopic (exact) mass is 311 g/mol. The van der Waals surface area contributed by atoms with Gasteiger partial charge in [0.25, 0.3) is 15.8 Å². The number of rotatable bonds is 5. The molecule has 2 rings (SSSR count). The van der Waals surface area contributed by atoms with Crippen LogP contribution in [0.15, 0.2) is 30.7 Å². The number of nitrogens with zero attached hydrogens (tertiary/aromatic N) is 3. The molecular weight excluding hydrogens is 298 g/mol. The molecule has 8 nitrogen and oxygen atoms in total. The van der Waals surface area contributed by atoms with Gasteiger partial charge in [-0.3, -0.25) is 14.3 Å². The van der Waals surface area contributed by atoms with Gasteiger partial charge < -0.3 is 4.57 Å². The van der Waals surface area contributed by atoms with E-state index in [0.29, 0.717) is 11.3 Å². The predicted octanol–water partition coefficient (Wildman–Crippen LogP) is 1.57. The number of benzene rings is 1. The van der Waals surface area contributed by atoms with Crippen molar-refractivity contribution < 1.29 is 17.5 Å². The number of non-ortho nitro benzene ring substituents is 1. The van der Waals surface area contributed by atoms with Crippen LogP contribution in [0.25, 0.3) is 5.69 Å². The van der Waals surface area contributed by atoms with Crippen LogP contribution in [0, 0.1) is 17.0 Å². The first-order valence-electron chi connectivity index (χ1n) is 5.88. The Bertz CT molecular complexity index is 782. The van der Waals surface area contributed by atoms with Crippen molar-refractivity contribution in [3.8, 4) is 5.69 Å². The maximum Gasteiger partial charge on any atom is 0.271 e. The molecular formula is C12H13N3O5S. The number of hydrogen-bond acceptors (Lipinski definition) is 6. The van der Waals surface area contributed by atoms with Crippen molar-refractivity contribution in [1.82, 2.24) is 9.55 Å². The molecule has 0 spiro atoms. The summed E-state index contributed by atoms with van der Waals surface area (Å²) in [5.41, 5.74) is 1.51. The van der Waals surface area contributed by atoms with E-state index in [9.17, 15) is 18.5 Å². The molecule has 9 heteroatoms. The van der Waals surface area contributed by atoms with Crippen molar-refractivity contribution in [1.29, 1.82) is 0 Å². The molecule has 1 heterocycles. The lowest BCUT2D eigenvalue weighted by Crippen LogP contribution is -2.04. The summed E-state index contributed by atoms with van der Waals surface area (Å²) in [7, 11) is -3.62. The highest BCUT2D eigenvalue weighted by molar-refractivity contribution is 7.85. The molecule has 0 radical (unpaired) electrons. The Morgan fingerprint density at radius 1 is 1.38 bits per heavy atom. The molecule has 0 unspecified atom stereocenters. The number of nitro groups is 1. The molecule has 0 saturated carbocycles. The summed E-state index contributed by atoms with van der Waals surface area (Å²) in [5.74, 6) is 0. The van der Waals surface area contributed by atoms with Crippen LogP contribution in [0.4, 0.5) is 5.69 Å². The van der Waals surface area contributed by atoms with Gasteiger partial charge in [0.15, 0.2) is 0 Å². The molecule has 21 heavy (non-hydrogen) atoms. The lowest BCUT2D eigenvalue weighted by molar-refractivity contribution is -0.384. The third-order valence-electron chi connectivity index (χ3n) is 2.62. The summed E-state index contributed by atoms with van der Waals surface area (Å²) in [4.78, 5) is 14.5. The minimum atomic E-state index is -3.62. The second-order valence-corrected chi connectivity index (χ2v) is 6.15. The Morgan fingerprint density at radius 2 is 2.10 bits per heavy atom.